The van der Waals surface area contributed by atoms with Crippen molar-refractivity contribution in [1.29, 1.82) is 0 Å². The van der Waals surface area contributed by atoms with Crippen molar-refractivity contribution in [3.05, 3.63) is 48.8 Å². The van der Waals surface area contributed by atoms with E-state index < -0.39 is 0 Å². The van der Waals surface area contributed by atoms with E-state index in [1.807, 2.05) is 39.7 Å². The third-order valence-electron chi connectivity index (χ3n) is 3.44. The molecule has 0 radical (unpaired) electrons. The summed E-state index contributed by atoms with van der Waals surface area (Å²) < 4.78 is 9.60. The lowest BCUT2D eigenvalue weighted by atomic mass is 10.3. The Hall–Kier alpha value is -2.70. The van der Waals surface area contributed by atoms with Gasteiger partial charge in [0.15, 0.2) is 5.82 Å². The van der Waals surface area contributed by atoms with Crippen LogP contribution in [-0.4, -0.2) is 29.8 Å². The first-order valence-corrected chi connectivity index (χ1v) is 6.88. The van der Waals surface area contributed by atoms with Crippen molar-refractivity contribution in [2.24, 2.45) is 0 Å². The fraction of sp³-hybridized carbons (Fsp3) is 0.286. The molecule has 1 aliphatic rings. The minimum atomic E-state index is 0.372. The summed E-state index contributed by atoms with van der Waals surface area (Å²) in [7, 11) is 0. The van der Waals surface area contributed by atoms with E-state index in [4.69, 9.17) is 4.74 Å². The fourth-order valence-electron chi connectivity index (χ4n) is 2.20. The summed E-state index contributed by atoms with van der Waals surface area (Å²) in [5, 5.41) is 11.8. The Morgan fingerprint density at radius 2 is 2.24 bits per heavy atom. The van der Waals surface area contributed by atoms with Gasteiger partial charge in [0.2, 0.25) is 0 Å². The zero-order chi connectivity index (χ0) is 14.1. The molecule has 7 heteroatoms. The molecular formula is C14H14N6O. The van der Waals surface area contributed by atoms with Gasteiger partial charge in [-0.1, -0.05) is 6.07 Å². The molecule has 1 fully saturated rings. The summed E-state index contributed by atoms with van der Waals surface area (Å²) in [6, 6.07) is 8.30. The molecule has 4 rings (SSSR count). The average Bonchev–Trinajstić information content (AvgIpc) is 3.04. The summed E-state index contributed by atoms with van der Waals surface area (Å²) in [4.78, 5) is 4.05. The van der Waals surface area contributed by atoms with E-state index in [1.165, 1.54) is 0 Å². The van der Waals surface area contributed by atoms with Gasteiger partial charge < -0.3 is 9.30 Å². The maximum atomic E-state index is 5.81. The summed E-state index contributed by atoms with van der Waals surface area (Å²) in [6.45, 7) is 0.372. The molecule has 0 atom stereocenters. The smallest absolute Gasteiger partial charge is 0.189 e. The molecule has 106 valence electrons. The zero-order valence-electron chi connectivity index (χ0n) is 11.3. The van der Waals surface area contributed by atoms with Gasteiger partial charge in [0.05, 0.1) is 18.1 Å². The summed E-state index contributed by atoms with van der Waals surface area (Å²) in [5.41, 5.74) is 1.01. The van der Waals surface area contributed by atoms with Crippen LogP contribution in [0.15, 0.2) is 43.0 Å². The van der Waals surface area contributed by atoms with E-state index in [1.54, 1.807) is 12.5 Å². The van der Waals surface area contributed by atoms with Crippen LogP contribution in [0.3, 0.4) is 0 Å². The van der Waals surface area contributed by atoms with Crippen LogP contribution in [0.1, 0.15) is 24.7 Å². The highest BCUT2D eigenvalue weighted by Gasteiger charge is 2.27. The van der Waals surface area contributed by atoms with Crippen LogP contribution in [0, 0.1) is 0 Å². The van der Waals surface area contributed by atoms with Gasteiger partial charge in [-0.25, -0.2) is 9.67 Å². The van der Waals surface area contributed by atoms with E-state index >= 15 is 0 Å². The van der Waals surface area contributed by atoms with Crippen molar-refractivity contribution < 1.29 is 4.74 Å². The maximum absolute atomic E-state index is 5.81. The zero-order valence-corrected chi connectivity index (χ0v) is 11.3. The molecule has 21 heavy (non-hydrogen) atoms. The summed E-state index contributed by atoms with van der Waals surface area (Å²) in [6.07, 6.45) is 7.69. The van der Waals surface area contributed by atoms with E-state index in [0.29, 0.717) is 12.6 Å². The van der Waals surface area contributed by atoms with Crippen LogP contribution >= 0.6 is 0 Å². The van der Waals surface area contributed by atoms with Crippen molar-refractivity contribution in [2.45, 2.75) is 25.5 Å². The lowest BCUT2D eigenvalue weighted by Crippen LogP contribution is -2.07. The molecule has 7 nitrogen and oxygen atoms in total. The number of hydrogen-bond donors (Lipinski definition) is 0. The number of benzene rings is 1. The van der Waals surface area contributed by atoms with Crippen molar-refractivity contribution in [1.82, 2.24) is 29.8 Å². The Morgan fingerprint density at radius 1 is 1.29 bits per heavy atom. The van der Waals surface area contributed by atoms with E-state index in [2.05, 4.69) is 20.5 Å². The molecule has 2 heterocycles. The SMILES string of the molecule is c1cc(OCc2nnnn2C2CC2)cc(-n2ccnc2)c1. The number of rotatable bonds is 5. The van der Waals surface area contributed by atoms with Gasteiger partial charge in [0.25, 0.3) is 0 Å². The van der Waals surface area contributed by atoms with E-state index in [0.717, 1.165) is 30.1 Å². The molecular weight excluding hydrogens is 268 g/mol. The van der Waals surface area contributed by atoms with Gasteiger partial charge in [-0.2, -0.15) is 0 Å². The Labute approximate surface area is 121 Å². The minimum absolute atomic E-state index is 0.372. The van der Waals surface area contributed by atoms with Gasteiger partial charge in [-0.05, 0) is 35.4 Å². The van der Waals surface area contributed by atoms with Crippen molar-refractivity contribution in [2.75, 3.05) is 0 Å². The van der Waals surface area contributed by atoms with Crippen molar-refractivity contribution in [3.8, 4) is 11.4 Å². The number of tetrazole rings is 1. The van der Waals surface area contributed by atoms with Crippen LogP contribution in [0.4, 0.5) is 0 Å². The number of imidazole rings is 1. The van der Waals surface area contributed by atoms with Crippen molar-refractivity contribution in [3.63, 3.8) is 0 Å². The predicted octanol–water partition coefficient (Wildman–Crippen LogP) is 1.77. The molecule has 0 saturated heterocycles. The lowest BCUT2D eigenvalue weighted by Gasteiger charge is -2.08. The van der Waals surface area contributed by atoms with Crippen LogP contribution in [0.2, 0.25) is 0 Å². The number of ether oxygens (including phenoxy) is 1. The minimum Gasteiger partial charge on any atom is -0.485 e. The number of hydrogen-bond acceptors (Lipinski definition) is 5. The maximum Gasteiger partial charge on any atom is 0.189 e. The van der Waals surface area contributed by atoms with Gasteiger partial charge in [-0.15, -0.1) is 5.10 Å². The normalized spacial score (nSPS) is 14.3. The standard InChI is InChI=1S/C14H14N6O/c1-2-12(19-7-6-15-10-19)8-13(3-1)21-9-14-16-17-18-20(14)11-4-5-11/h1-3,6-8,10-11H,4-5,9H2. The molecule has 1 aromatic carbocycles. The average molecular weight is 282 g/mol. The van der Waals surface area contributed by atoms with Crippen molar-refractivity contribution >= 4 is 0 Å². The molecule has 1 saturated carbocycles. The Balaban J connectivity index is 1.49. The third kappa shape index (κ3) is 2.49. The lowest BCUT2D eigenvalue weighted by molar-refractivity contribution is 0.286. The monoisotopic (exact) mass is 282 g/mol. The first kappa shape index (κ1) is 12.1. The number of nitrogens with zero attached hydrogens (tertiary/aromatic N) is 6. The van der Waals surface area contributed by atoms with Crippen LogP contribution in [0.25, 0.3) is 5.69 Å². The van der Waals surface area contributed by atoms with Gasteiger partial charge >= 0.3 is 0 Å². The van der Waals surface area contributed by atoms with Gasteiger partial charge in [-0.3, -0.25) is 0 Å². The van der Waals surface area contributed by atoms with Gasteiger partial charge in [0.1, 0.15) is 12.4 Å². The van der Waals surface area contributed by atoms with E-state index in [-0.39, 0.29) is 0 Å². The Kier molecular flexibility index (Phi) is 2.88. The Bertz CT molecular complexity index is 732. The quantitative estimate of drug-likeness (QED) is 0.713. The molecule has 0 spiro atoms. The first-order chi connectivity index (χ1) is 10.4. The van der Waals surface area contributed by atoms with E-state index in [9.17, 15) is 0 Å². The molecule has 0 aliphatic heterocycles. The highest BCUT2D eigenvalue weighted by Crippen LogP contribution is 2.34. The second kappa shape index (κ2) is 5.01. The number of aromatic nitrogens is 6. The summed E-state index contributed by atoms with van der Waals surface area (Å²) >= 11 is 0. The molecule has 0 amide bonds. The summed E-state index contributed by atoms with van der Waals surface area (Å²) in [5.74, 6) is 1.55. The topological polar surface area (TPSA) is 70.7 Å². The first-order valence-electron chi connectivity index (χ1n) is 6.88. The molecule has 0 bridgehead atoms. The highest BCUT2D eigenvalue weighted by atomic mass is 16.5. The Morgan fingerprint density at radius 3 is 3.05 bits per heavy atom. The van der Waals surface area contributed by atoms with Crippen LogP contribution in [0.5, 0.6) is 5.75 Å². The fourth-order valence-corrected chi connectivity index (χ4v) is 2.20. The third-order valence-corrected chi connectivity index (χ3v) is 3.44. The van der Waals surface area contributed by atoms with Gasteiger partial charge in [0, 0.05) is 18.5 Å². The molecule has 0 N–H and O–H groups in total. The second-order valence-electron chi connectivity index (χ2n) is 5.03. The molecule has 1 aliphatic carbocycles. The second-order valence-corrected chi connectivity index (χ2v) is 5.03. The molecule has 0 unspecified atom stereocenters. The largest absolute Gasteiger partial charge is 0.485 e. The van der Waals surface area contributed by atoms with Crippen LogP contribution in [-0.2, 0) is 6.61 Å². The molecule has 3 aromatic rings. The predicted molar refractivity (Wildman–Crippen MR) is 74.0 cm³/mol. The molecule has 2 aromatic heterocycles. The van der Waals surface area contributed by atoms with Crippen LogP contribution < -0.4 is 4.74 Å². The highest BCUT2D eigenvalue weighted by molar-refractivity contribution is 5.39.